The van der Waals surface area contributed by atoms with Crippen LogP contribution in [0.1, 0.15) is 55.6 Å². The topological polar surface area (TPSA) is 52.0 Å². The van der Waals surface area contributed by atoms with E-state index in [1.165, 1.54) is 36.8 Å². The molecule has 1 saturated carbocycles. The van der Waals surface area contributed by atoms with E-state index in [-0.39, 0.29) is 0 Å². The van der Waals surface area contributed by atoms with Gasteiger partial charge in [0.25, 0.3) is 0 Å². The molecular formula is C17H28N2. The second-order valence-electron chi connectivity index (χ2n) is 6.26. The van der Waals surface area contributed by atoms with Crippen LogP contribution < -0.4 is 11.5 Å². The van der Waals surface area contributed by atoms with Gasteiger partial charge < -0.3 is 11.5 Å². The molecule has 0 radical (unpaired) electrons. The Morgan fingerprint density at radius 1 is 1.00 bits per heavy atom. The predicted molar refractivity (Wildman–Crippen MR) is 82.2 cm³/mol. The second kappa shape index (κ2) is 6.53. The fraction of sp³-hybridized carbons (Fsp3) is 0.647. The number of nitrogens with two attached hydrogens (primary N) is 2. The van der Waals surface area contributed by atoms with E-state index in [1.54, 1.807) is 0 Å². The van der Waals surface area contributed by atoms with E-state index in [2.05, 4.69) is 31.2 Å². The molecule has 4 N–H and O–H groups in total. The third kappa shape index (κ3) is 3.58. The molecule has 19 heavy (non-hydrogen) atoms. The van der Waals surface area contributed by atoms with Gasteiger partial charge in [-0.1, -0.05) is 29.8 Å². The summed E-state index contributed by atoms with van der Waals surface area (Å²) < 4.78 is 0. The van der Waals surface area contributed by atoms with Gasteiger partial charge in [0.15, 0.2) is 0 Å². The van der Waals surface area contributed by atoms with Crippen molar-refractivity contribution in [2.24, 2.45) is 16.9 Å². The Morgan fingerprint density at radius 2 is 1.53 bits per heavy atom. The predicted octanol–water partition coefficient (Wildman–Crippen LogP) is 3.34. The van der Waals surface area contributed by atoms with E-state index >= 15 is 0 Å². The van der Waals surface area contributed by atoms with E-state index in [1.807, 2.05) is 0 Å². The van der Waals surface area contributed by atoms with Gasteiger partial charge in [0.05, 0.1) is 0 Å². The molecule has 1 aliphatic rings. The first-order valence-corrected chi connectivity index (χ1v) is 7.66. The maximum absolute atomic E-state index is 5.80. The van der Waals surface area contributed by atoms with Gasteiger partial charge in [-0.3, -0.25) is 0 Å². The Labute approximate surface area is 117 Å². The van der Waals surface area contributed by atoms with E-state index in [0.717, 1.165) is 31.8 Å². The zero-order chi connectivity index (χ0) is 13.7. The van der Waals surface area contributed by atoms with Crippen LogP contribution in [-0.4, -0.2) is 13.1 Å². The minimum absolute atomic E-state index is 0.435. The van der Waals surface area contributed by atoms with Crippen molar-refractivity contribution in [3.63, 3.8) is 0 Å². The van der Waals surface area contributed by atoms with Gasteiger partial charge in [-0.25, -0.2) is 0 Å². The maximum Gasteiger partial charge on any atom is -0.00720 e. The largest absolute Gasteiger partial charge is 0.330 e. The zero-order valence-electron chi connectivity index (χ0n) is 12.2. The van der Waals surface area contributed by atoms with Crippen LogP contribution in [0.3, 0.4) is 0 Å². The van der Waals surface area contributed by atoms with Gasteiger partial charge >= 0.3 is 0 Å². The average Bonchev–Trinajstić information content (AvgIpc) is 2.41. The lowest BCUT2D eigenvalue weighted by Gasteiger charge is -2.40. The molecular weight excluding hydrogens is 232 g/mol. The lowest BCUT2D eigenvalue weighted by molar-refractivity contribution is 0.151. The summed E-state index contributed by atoms with van der Waals surface area (Å²) in [6.45, 7) is 3.75. The van der Waals surface area contributed by atoms with Gasteiger partial charge in [-0.05, 0) is 75.4 Å². The van der Waals surface area contributed by atoms with E-state index < -0.39 is 0 Å². The van der Waals surface area contributed by atoms with Crippen LogP contribution in [0.5, 0.6) is 0 Å². The number of aryl methyl sites for hydroxylation is 1. The first kappa shape index (κ1) is 14.5. The monoisotopic (exact) mass is 260 g/mol. The molecule has 0 spiro atoms. The molecule has 0 amide bonds. The molecule has 1 aliphatic carbocycles. The fourth-order valence-corrected chi connectivity index (χ4v) is 3.64. The maximum atomic E-state index is 5.80. The Morgan fingerprint density at radius 3 is 2.00 bits per heavy atom. The molecule has 0 saturated heterocycles. The molecule has 0 bridgehead atoms. The van der Waals surface area contributed by atoms with Gasteiger partial charge in [0.1, 0.15) is 0 Å². The summed E-state index contributed by atoms with van der Waals surface area (Å²) in [5.41, 5.74) is 14.9. The van der Waals surface area contributed by atoms with Crippen LogP contribution in [0.15, 0.2) is 24.3 Å². The number of rotatable bonds is 5. The van der Waals surface area contributed by atoms with Gasteiger partial charge in [0, 0.05) is 0 Å². The first-order chi connectivity index (χ1) is 9.19. The quantitative estimate of drug-likeness (QED) is 0.853. The first-order valence-electron chi connectivity index (χ1n) is 7.66. The van der Waals surface area contributed by atoms with Crippen LogP contribution in [0.25, 0.3) is 0 Å². The van der Waals surface area contributed by atoms with Gasteiger partial charge in [0.2, 0.25) is 0 Å². The molecule has 2 heteroatoms. The number of hydrogen-bond acceptors (Lipinski definition) is 2. The Bertz CT molecular complexity index is 367. The minimum Gasteiger partial charge on any atom is -0.330 e. The molecule has 2 rings (SSSR count). The Balaban J connectivity index is 1.99. The van der Waals surface area contributed by atoms with Crippen LogP contribution in [0.2, 0.25) is 0 Å². The summed E-state index contributed by atoms with van der Waals surface area (Å²) in [6.07, 6.45) is 7.46. The average molecular weight is 260 g/mol. The van der Waals surface area contributed by atoms with Crippen molar-refractivity contribution in [2.45, 2.75) is 51.4 Å². The summed E-state index contributed by atoms with van der Waals surface area (Å²) in [5, 5.41) is 0. The molecule has 1 fully saturated rings. The summed E-state index contributed by atoms with van der Waals surface area (Å²) in [4.78, 5) is 0. The van der Waals surface area contributed by atoms with Crippen molar-refractivity contribution in [3.05, 3.63) is 35.4 Å². The Kier molecular flexibility index (Phi) is 5.00. The fourth-order valence-electron chi connectivity index (χ4n) is 3.64. The molecule has 1 aromatic rings. The number of hydrogen-bond donors (Lipinski definition) is 2. The lowest BCUT2D eigenvalue weighted by atomic mass is 9.65. The van der Waals surface area contributed by atoms with Gasteiger partial charge in [-0.15, -0.1) is 0 Å². The van der Waals surface area contributed by atoms with Crippen molar-refractivity contribution >= 4 is 0 Å². The van der Waals surface area contributed by atoms with Crippen molar-refractivity contribution in [2.75, 3.05) is 13.1 Å². The minimum atomic E-state index is 0.435. The lowest BCUT2D eigenvalue weighted by Crippen LogP contribution is -2.31. The standard InChI is InChI=1S/C17H28N2/c1-14-2-4-15(5-3-14)16-6-8-17(9-7-16,10-12-18)11-13-19/h2-5,16H,6-13,18-19H2,1H3. The van der Waals surface area contributed by atoms with Crippen LogP contribution in [0.4, 0.5) is 0 Å². The van der Waals surface area contributed by atoms with Crippen molar-refractivity contribution in [1.29, 1.82) is 0 Å². The highest BCUT2D eigenvalue weighted by molar-refractivity contribution is 5.25. The van der Waals surface area contributed by atoms with E-state index in [4.69, 9.17) is 11.5 Å². The summed E-state index contributed by atoms with van der Waals surface area (Å²) in [6, 6.07) is 9.08. The summed E-state index contributed by atoms with van der Waals surface area (Å²) >= 11 is 0. The third-order valence-corrected chi connectivity index (χ3v) is 4.94. The van der Waals surface area contributed by atoms with Crippen molar-refractivity contribution < 1.29 is 0 Å². The van der Waals surface area contributed by atoms with Gasteiger partial charge in [-0.2, -0.15) is 0 Å². The smallest absolute Gasteiger partial charge is 0.00720 e. The summed E-state index contributed by atoms with van der Waals surface area (Å²) in [5.74, 6) is 0.740. The highest BCUT2D eigenvalue weighted by atomic mass is 14.6. The third-order valence-electron chi connectivity index (χ3n) is 4.94. The summed E-state index contributed by atoms with van der Waals surface area (Å²) in [7, 11) is 0. The highest BCUT2D eigenvalue weighted by Crippen LogP contribution is 2.46. The molecule has 2 nitrogen and oxygen atoms in total. The molecule has 0 aromatic heterocycles. The molecule has 106 valence electrons. The number of benzene rings is 1. The normalized spacial score (nSPS) is 19.5. The zero-order valence-corrected chi connectivity index (χ0v) is 12.2. The molecule has 0 unspecified atom stereocenters. The van der Waals surface area contributed by atoms with Crippen molar-refractivity contribution in [1.82, 2.24) is 0 Å². The molecule has 0 atom stereocenters. The second-order valence-corrected chi connectivity index (χ2v) is 6.26. The molecule has 1 aromatic carbocycles. The highest BCUT2D eigenvalue weighted by Gasteiger charge is 2.34. The van der Waals surface area contributed by atoms with Crippen LogP contribution in [-0.2, 0) is 0 Å². The van der Waals surface area contributed by atoms with Crippen LogP contribution in [0, 0.1) is 12.3 Å². The van der Waals surface area contributed by atoms with Crippen LogP contribution >= 0.6 is 0 Å². The Hall–Kier alpha value is -0.860. The SMILES string of the molecule is Cc1ccc(C2CCC(CCN)(CCN)CC2)cc1. The van der Waals surface area contributed by atoms with E-state index in [9.17, 15) is 0 Å². The molecule has 0 aliphatic heterocycles. The van der Waals surface area contributed by atoms with Crippen molar-refractivity contribution in [3.8, 4) is 0 Å². The molecule has 0 heterocycles. The van der Waals surface area contributed by atoms with E-state index in [0.29, 0.717) is 5.41 Å².